The Labute approximate surface area is 300 Å². The molecule has 0 bridgehead atoms. The van der Waals surface area contributed by atoms with Crippen LogP contribution < -0.4 is 0 Å². The summed E-state index contributed by atoms with van der Waals surface area (Å²) < 4.78 is 1.60. The van der Waals surface area contributed by atoms with E-state index in [1.807, 2.05) is 0 Å². The van der Waals surface area contributed by atoms with E-state index in [9.17, 15) is 0 Å². The summed E-state index contributed by atoms with van der Waals surface area (Å²) in [6, 6.07) is 37.6. The molecule has 47 heavy (non-hydrogen) atoms. The van der Waals surface area contributed by atoms with Crippen molar-refractivity contribution in [2.45, 2.75) is 92.9 Å². The minimum atomic E-state index is 0.194. The molecule has 1 aliphatic rings. The summed E-state index contributed by atoms with van der Waals surface area (Å²) in [7, 11) is 0. The average Bonchev–Trinajstić information content (AvgIpc) is 3.61. The van der Waals surface area contributed by atoms with Gasteiger partial charge in [-0.1, -0.05) is 116 Å². The van der Waals surface area contributed by atoms with Crippen LogP contribution in [0.25, 0.3) is 21.5 Å². The third-order valence-corrected chi connectivity index (χ3v) is 9.63. The van der Waals surface area contributed by atoms with Crippen LogP contribution >= 0.6 is 0 Å². The van der Waals surface area contributed by atoms with Crippen LogP contribution in [0.15, 0.2) is 121 Å². The molecule has 1 unspecified atom stereocenters. The summed E-state index contributed by atoms with van der Waals surface area (Å²) in [5.74, 6) is 0.522. The Morgan fingerprint density at radius 1 is 0.617 bits per heavy atom. The van der Waals surface area contributed by atoms with Gasteiger partial charge >= 0.3 is 112 Å². The van der Waals surface area contributed by atoms with Crippen molar-refractivity contribution in [2.75, 3.05) is 0 Å². The first-order chi connectivity index (χ1) is 22.0. The van der Waals surface area contributed by atoms with E-state index in [4.69, 9.17) is 0 Å². The molecule has 0 saturated carbocycles. The SMILES string of the molecule is CC(C)(C)c1ccc2[cH-]c3ccc(C(C)(C)C)cc3c2c1.CC1[C-]=CC(C(C)(C)C)=C1.[Zr+2]=[C](Cc1ccccc1)Cc1ccccc1. The molecular weight excluding hydrogens is 644 g/mol. The van der Waals surface area contributed by atoms with Crippen LogP contribution in [0.4, 0.5) is 0 Å². The number of hydrogen-bond acceptors (Lipinski definition) is 0. The summed E-state index contributed by atoms with van der Waals surface area (Å²) in [5.41, 5.74) is 7.76. The van der Waals surface area contributed by atoms with Gasteiger partial charge in [-0.25, -0.2) is 6.08 Å². The summed E-state index contributed by atoms with van der Waals surface area (Å²) in [5, 5.41) is 5.49. The molecule has 1 heteroatoms. The molecule has 0 heterocycles. The molecule has 0 N–H and O–H groups in total. The molecule has 1 atom stereocenters. The van der Waals surface area contributed by atoms with Crippen LogP contribution in [-0.2, 0) is 47.9 Å². The van der Waals surface area contributed by atoms with E-state index in [1.165, 1.54) is 49.4 Å². The van der Waals surface area contributed by atoms with Gasteiger partial charge < -0.3 is 0 Å². The van der Waals surface area contributed by atoms with E-state index in [0.717, 1.165) is 12.8 Å². The summed E-state index contributed by atoms with van der Waals surface area (Å²) >= 11 is 1.55. The third-order valence-electron chi connectivity index (χ3n) is 8.76. The first kappa shape index (κ1) is 36.8. The second kappa shape index (κ2) is 15.5. The van der Waals surface area contributed by atoms with E-state index < -0.39 is 0 Å². The molecule has 0 spiro atoms. The topological polar surface area (TPSA) is 0 Å². The van der Waals surface area contributed by atoms with Crippen LogP contribution in [0.5, 0.6) is 0 Å². The predicted molar refractivity (Wildman–Crippen MR) is 204 cm³/mol. The predicted octanol–water partition coefficient (Wildman–Crippen LogP) is 12.5. The van der Waals surface area contributed by atoms with E-state index in [2.05, 4.69) is 191 Å². The second-order valence-electron chi connectivity index (χ2n) is 16.1. The molecule has 5 aromatic rings. The van der Waals surface area contributed by atoms with Gasteiger partial charge in [0.05, 0.1) is 0 Å². The van der Waals surface area contributed by atoms with Crippen LogP contribution in [-0.4, -0.2) is 3.21 Å². The molecule has 242 valence electrons. The second-order valence-corrected chi connectivity index (χ2v) is 17.9. The van der Waals surface area contributed by atoms with Crippen molar-refractivity contribution in [3.63, 3.8) is 0 Å². The first-order valence-corrected chi connectivity index (χ1v) is 18.3. The van der Waals surface area contributed by atoms with Gasteiger partial charge in [0, 0.05) is 0 Å². The van der Waals surface area contributed by atoms with E-state index in [1.54, 1.807) is 27.4 Å². The molecule has 0 saturated heterocycles. The average molecular weight is 698 g/mol. The van der Waals surface area contributed by atoms with Crippen LogP contribution in [0.1, 0.15) is 91.5 Å². The molecular formula is C46H54Zr. The first-order valence-electron chi connectivity index (χ1n) is 17.1. The molecule has 0 aromatic heterocycles. The fraction of sp³-hybridized carbons (Fsp3) is 0.348. The van der Waals surface area contributed by atoms with Crippen molar-refractivity contribution in [3.8, 4) is 0 Å². The minimum absolute atomic E-state index is 0.194. The zero-order valence-electron chi connectivity index (χ0n) is 30.5. The zero-order chi connectivity index (χ0) is 34.4. The number of rotatable bonds is 4. The molecule has 0 fully saturated rings. The molecule has 0 aliphatic heterocycles. The zero-order valence-corrected chi connectivity index (χ0v) is 32.9. The summed E-state index contributed by atoms with van der Waals surface area (Å²) in [6.07, 6.45) is 9.89. The molecule has 0 radical (unpaired) electrons. The standard InChI is InChI=1S/C21H25.C15H14.C10H15.Zr/c1-20(2,3)16-9-7-14-11-15-8-10-17(21(4,5)6)13-19(15)18(14)12-16;1-3-8-14(9-4-1)12-7-13-15-10-5-2-6-11-15;1-8-5-6-9(7-8)10(2,3)4;/h7-13H,1-6H3;1-6,8-11H,12-13H2;6-8H,1-4H3;/q-1;;-1;+2. The van der Waals surface area contributed by atoms with Gasteiger partial charge in [-0.3, -0.25) is 6.08 Å². The monoisotopic (exact) mass is 696 g/mol. The number of benzene rings is 4. The normalized spacial score (nSPS) is 14.7. The van der Waals surface area contributed by atoms with Gasteiger partial charge in [-0.15, -0.1) is 39.7 Å². The Morgan fingerprint density at radius 3 is 1.36 bits per heavy atom. The number of allylic oxidation sites excluding steroid dienone is 4. The van der Waals surface area contributed by atoms with E-state index in [-0.39, 0.29) is 10.8 Å². The Morgan fingerprint density at radius 2 is 1.04 bits per heavy atom. The summed E-state index contributed by atoms with van der Waals surface area (Å²) in [4.78, 5) is 0. The fourth-order valence-electron chi connectivity index (χ4n) is 5.73. The number of hydrogen-bond donors (Lipinski definition) is 0. The quantitative estimate of drug-likeness (QED) is 0.164. The van der Waals surface area contributed by atoms with Crippen LogP contribution in [0.3, 0.4) is 0 Å². The van der Waals surface area contributed by atoms with Crippen molar-refractivity contribution < 1.29 is 24.2 Å². The fourth-order valence-corrected chi connectivity index (χ4v) is 6.74. The van der Waals surface area contributed by atoms with Crippen molar-refractivity contribution in [3.05, 3.63) is 149 Å². The van der Waals surface area contributed by atoms with Crippen molar-refractivity contribution >= 4 is 24.8 Å². The van der Waals surface area contributed by atoms with Gasteiger partial charge in [0.2, 0.25) is 0 Å². The van der Waals surface area contributed by atoms with Gasteiger partial charge in [0.1, 0.15) is 0 Å². The molecule has 0 amide bonds. The maximum atomic E-state index is 3.26. The Hall–Kier alpha value is -3.02. The molecule has 6 rings (SSSR count). The summed E-state index contributed by atoms with van der Waals surface area (Å²) in [6.45, 7) is 22.5. The van der Waals surface area contributed by atoms with Crippen LogP contribution in [0.2, 0.25) is 0 Å². The van der Waals surface area contributed by atoms with Gasteiger partial charge in [-0.2, -0.15) is 11.6 Å². The van der Waals surface area contributed by atoms with Gasteiger partial charge in [0.25, 0.3) is 0 Å². The van der Waals surface area contributed by atoms with Crippen molar-refractivity contribution in [2.24, 2.45) is 11.3 Å². The molecule has 5 aromatic carbocycles. The molecule has 0 nitrogen and oxygen atoms in total. The maximum absolute atomic E-state index is 3.26. The Bertz CT molecular complexity index is 1710. The Balaban J connectivity index is 0.000000170. The number of fused-ring (bicyclic) bond motifs is 3. The van der Waals surface area contributed by atoms with E-state index in [0.29, 0.717) is 11.3 Å². The van der Waals surface area contributed by atoms with Crippen molar-refractivity contribution in [1.29, 1.82) is 0 Å². The van der Waals surface area contributed by atoms with E-state index >= 15 is 0 Å². The third kappa shape index (κ3) is 10.7. The molecule has 1 aliphatic carbocycles. The Kier molecular flexibility index (Phi) is 12.1. The van der Waals surface area contributed by atoms with Gasteiger partial charge in [0.15, 0.2) is 0 Å². The van der Waals surface area contributed by atoms with Crippen LogP contribution in [0, 0.1) is 17.4 Å². The van der Waals surface area contributed by atoms with Crippen molar-refractivity contribution in [1.82, 2.24) is 0 Å². The van der Waals surface area contributed by atoms with Gasteiger partial charge in [-0.05, 0) is 10.8 Å².